The molecule has 1 saturated heterocycles. The molecule has 2 unspecified atom stereocenters. The van der Waals surface area contributed by atoms with Crippen molar-refractivity contribution in [2.24, 2.45) is 0 Å². The summed E-state index contributed by atoms with van der Waals surface area (Å²) in [6, 6.07) is 0. The van der Waals surface area contributed by atoms with Crippen LogP contribution >= 0.6 is 23.5 Å². The topological polar surface area (TPSA) is 311 Å². The largest absolute Gasteiger partial charge is 0.490 e. The van der Waals surface area contributed by atoms with Gasteiger partial charge >= 0.3 is 34.8 Å². The van der Waals surface area contributed by atoms with Crippen molar-refractivity contribution in [1.82, 2.24) is 19.1 Å². The van der Waals surface area contributed by atoms with E-state index in [0.29, 0.717) is 0 Å². The van der Waals surface area contributed by atoms with E-state index in [1.165, 1.54) is 0 Å². The number of aromatic nitrogens is 4. The van der Waals surface area contributed by atoms with Gasteiger partial charge in [-0.15, -0.1) is 0 Å². The molecular weight excluding hydrogens is 612 g/mol. The van der Waals surface area contributed by atoms with Crippen LogP contribution in [0, 0.1) is 17.7 Å². The van der Waals surface area contributed by atoms with Crippen molar-refractivity contribution < 1.29 is 60.6 Å². The molecule has 1 aliphatic heterocycles. The minimum atomic E-state index is -5.76. The van der Waals surface area contributed by atoms with Gasteiger partial charge in [-0.2, -0.15) is 18.6 Å². The number of anilines is 2. The third-order valence-electron chi connectivity index (χ3n) is 4.76. The SMILES string of the molecule is Nc1nc(=O)n(CC#Cc2cn([C@H]3C[C@H](O)[C@@H](COP(=O)(O)OP(=O)(O)OP(=O)(O)O)O3)c(=O)nc2N)cc1F. The Hall–Kier alpha value is -2.82. The van der Waals surface area contributed by atoms with E-state index in [2.05, 4.69) is 35.0 Å². The minimum Gasteiger partial charge on any atom is -0.390 e. The quantitative estimate of drug-likeness (QED) is 0.118. The van der Waals surface area contributed by atoms with E-state index in [4.69, 9.17) is 26.0 Å². The molecule has 2 aromatic heterocycles. The van der Waals surface area contributed by atoms with Crippen LogP contribution in [0.2, 0.25) is 0 Å². The standard InChI is InChI=1S/C16H20FN6O14P3/c17-9-6-22(15(25)21-14(9)19)3-1-2-8-5-23(16(26)20-13(8)18)12-4-10(24)11(35-12)7-34-39(30,31)37-40(32,33)36-38(27,28)29/h5-6,10-12,24H,3-4,7H2,(H,30,31)(H,32,33)(H2,18,20,26)(H2,19,21,25)(H2,27,28,29)/t10-,11+,12+/m0/s1. The number of rotatable bonds is 9. The number of nitrogens with zero attached hydrogens (tertiary/aromatic N) is 4. The molecule has 3 rings (SSSR count). The number of aliphatic hydroxyl groups is 1. The second-order valence-electron chi connectivity index (χ2n) is 7.73. The maximum Gasteiger partial charge on any atom is 0.490 e. The number of halogens is 1. The van der Waals surface area contributed by atoms with E-state index in [1.807, 2.05) is 0 Å². The maximum atomic E-state index is 13.6. The third-order valence-corrected chi connectivity index (χ3v) is 8.56. The second-order valence-corrected chi connectivity index (χ2v) is 12.2. The fourth-order valence-corrected chi connectivity index (χ4v) is 6.13. The number of hydrogen-bond acceptors (Lipinski definition) is 14. The molecule has 5 atom stereocenters. The van der Waals surface area contributed by atoms with Crippen LogP contribution in [-0.4, -0.2) is 62.6 Å². The summed E-state index contributed by atoms with van der Waals surface area (Å²) in [4.78, 5) is 66.8. The zero-order chi connectivity index (χ0) is 30.0. The van der Waals surface area contributed by atoms with Gasteiger partial charge < -0.3 is 40.9 Å². The van der Waals surface area contributed by atoms with Gasteiger partial charge in [-0.05, 0) is 0 Å². The first-order valence-corrected chi connectivity index (χ1v) is 14.9. The summed E-state index contributed by atoms with van der Waals surface area (Å²) in [5.41, 5.74) is 9.06. The molecule has 9 N–H and O–H groups in total. The molecule has 0 amide bonds. The second kappa shape index (κ2) is 12.0. The molecule has 40 heavy (non-hydrogen) atoms. The summed E-state index contributed by atoms with van der Waals surface area (Å²) in [6.45, 7) is -1.31. The fraction of sp³-hybridized carbons (Fsp3) is 0.375. The van der Waals surface area contributed by atoms with E-state index in [0.717, 1.165) is 21.5 Å². The lowest BCUT2D eigenvalue weighted by Crippen LogP contribution is -2.29. The fourth-order valence-electron chi connectivity index (χ4n) is 3.10. The van der Waals surface area contributed by atoms with Crippen molar-refractivity contribution in [3.63, 3.8) is 0 Å². The van der Waals surface area contributed by atoms with Crippen LogP contribution in [-0.2, 0) is 38.1 Å². The van der Waals surface area contributed by atoms with Crippen molar-refractivity contribution in [3.8, 4) is 11.8 Å². The van der Waals surface area contributed by atoms with Crippen LogP contribution < -0.4 is 22.8 Å². The van der Waals surface area contributed by atoms with Crippen LogP contribution in [0.5, 0.6) is 0 Å². The van der Waals surface area contributed by atoms with Gasteiger partial charge in [0.2, 0.25) is 0 Å². The minimum absolute atomic E-state index is 0.0358. The first-order valence-electron chi connectivity index (χ1n) is 10.4. The molecule has 0 radical (unpaired) electrons. The number of ether oxygens (including phenoxy) is 1. The molecule has 0 aliphatic carbocycles. The summed E-state index contributed by atoms with van der Waals surface area (Å²) in [6.07, 6.45) is -2.51. The summed E-state index contributed by atoms with van der Waals surface area (Å²) >= 11 is 0. The van der Waals surface area contributed by atoms with Gasteiger partial charge in [0.15, 0.2) is 11.6 Å². The van der Waals surface area contributed by atoms with Gasteiger partial charge in [-0.3, -0.25) is 13.7 Å². The van der Waals surface area contributed by atoms with Crippen LogP contribution in [0.1, 0.15) is 18.2 Å². The molecule has 1 aliphatic rings. The van der Waals surface area contributed by atoms with E-state index in [1.54, 1.807) is 0 Å². The van der Waals surface area contributed by atoms with E-state index in [9.17, 15) is 42.6 Å². The van der Waals surface area contributed by atoms with Gasteiger partial charge in [0.05, 0.1) is 24.8 Å². The molecule has 20 nitrogen and oxygen atoms in total. The highest BCUT2D eigenvalue weighted by Gasteiger charge is 2.43. The molecule has 0 spiro atoms. The summed E-state index contributed by atoms with van der Waals surface area (Å²) < 4.78 is 66.2. The average Bonchev–Trinajstić information content (AvgIpc) is 3.15. The lowest BCUT2D eigenvalue weighted by atomic mass is 10.2. The van der Waals surface area contributed by atoms with Crippen LogP contribution in [0.25, 0.3) is 0 Å². The Morgan fingerprint density at radius 2 is 1.70 bits per heavy atom. The van der Waals surface area contributed by atoms with Crippen LogP contribution in [0.4, 0.5) is 16.0 Å². The normalized spacial score (nSPS) is 22.2. The van der Waals surface area contributed by atoms with Crippen LogP contribution in [0.3, 0.4) is 0 Å². The Morgan fingerprint density at radius 3 is 2.35 bits per heavy atom. The Balaban J connectivity index is 1.71. The van der Waals surface area contributed by atoms with E-state index < -0.39 is 71.5 Å². The summed E-state index contributed by atoms with van der Waals surface area (Å²) in [5, 5.41) is 10.2. The van der Waals surface area contributed by atoms with Crippen molar-refractivity contribution in [2.45, 2.75) is 31.4 Å². The zero-order valence-electron chi connectivity index (χ0n) is 19.6. The molecule has 220 valence electrons. The molecular formula is C16H20FN6O14P3. The van der Waals surface area contributed by atoms with Gasteiger partial charge in [-0.1, -0.05) is 11.8 Å². The monoisotopic (exact) mass is 632 g/mol. The number of nitrogens with two attached hydrogens (primary N) is 2. The first-order chi connectivity index (χ1) is 18.4. The number of phosphoric acid groups is 3. The highest BCUT2D eigenvalue weighted by molar-refractivity contribution is 7.66. The zero-order valence-corrected chi connectivity index (χ0v) is 22.3. The van der Waals surface area contributed by atoms with Crippen molar-refractivity contribution in [3.05, 3.63) is 44.7 Å². The van der Waals surface area contributed by atoms with E-state index >= 15 is 0 Å². The molecule has 3 heterocycles. The number of nitrogen functional groups attached to an aromatic ring is 2. The summed E-state index contributed by atoms with van der Waals surface area (Å²) in [5.74, 6) is 3.20. The van der Waals surface area contributed by atoms with Gasteiger partial charge in [0.25, 0.3) is 0 Å². The Bertz CT molecular complexity index is 1610. The number of phosphoric ester groups is 1. The lowest BCUT2D eigenvalue weighted by Gasteiger charge is -2.19. The van der Waals surface area contributed by atoms with Crippen molar-refractivity contribution in [1.29, 1.82) is 0 Å². The molecule has 2 aromatic rings. The van der Waals surface area contributed by atoms with Crippen molar-refractivity contribution in [2.75, 3.05) is 18.1 Å². The molecule has 1 fully saturated rings. The lowest BCUT2D eigenvalue weighted by molar-refractivity contribution is -0.0449. The summed E-state index contributed by atoms with van der Waals surface area (Å²) in [7, 11) is -16.8. The third kappa shape index (κ3) is 8.59. The van der Waals surface area contributed by atoms with E-state index in [-0.39, 0.29) is 24.3 Å². The average molecular weight is 632 g/mol. The van der Waals surface area contributed by atoms with Gasteiger partial charge in [-0.25, -0.2) is 27.7 Å². The first kappa shape index (κ1) is 31.7. The number of hydrogen-bond donors (Lipinski definition) is 7. The Morgan fingerprint density at radius 1 is 1.05 bits per heavy atom. The van der Waals surface area contributed by atoms with Crippen molar-refractivity contribution >= 4 is 35.1 Å². The van der Waals surface area contributed by atoms with Gasteiger partial charge in [0.1, 0.15) is 18.1 Å². The Kier molecular flexibility index (Phi) is 9.48. The number of aliphatic hydroxyl groups excluding tert-OH is 1. The highest BCUT2D eigenvalue weighted by Crippen LogP contribution is 2.66. The molecule has 24 heteroatoms. The predicted molar refractivity (Wildman–Crippen MR) is 127 cm³/mol. The molecule has 0 saturated carbocycles. The molecule has 0 bridgehead atoms. The predicted octanol–water partition coefficient (Wildman–Crippen LogP) is -1.85. The van der Waals surface area contributed by atoms with Crippen LogP contribution in [0.15, 0.2) is 22.0 Å². The molecule has 0 aromatic carbocycles. The van der Waals surface area contributed by atoms with Gasteiger partial charge in [0, 0.05) is 18.8 Å². The Labute approximate surface area is 221 Å². The highest BCUT2D eigenvalue weighted by atomic mass is 31.3. The maximum absolute atomic E-state index is 13.6. The smallest absolute Gasteiger partial charge is 0.390 e.